The maximum atomic E-state index is 2.41. The van der Waals surface area contributed by atoms with Crippen molar-refractivity contribution in [1.82, 2.24) is 0 Å². The van der Waals surface area contributed by atoms with Crippen LogP contribution in [-0.2, 0) is 0 Å². The van der Waals surface area contributed by atoms with Crippen LogP contribution in [-0.4, -0.2) is 0 Å². The molecule has 0 bridgehead atoms. The predicted octanol–water partition coefficient (Wildman–Crippen LogP) is 16.8. The largest absolute Gasteiger partial charge is 0.310 e. The van der Waals surface area contributed by atoms with Gasteiger partial charge < -0.3 is 4.90 Å². The smallest absolute Gasteiger partial charge is 0.0540 e. The van der Waals surface area contributed by atoms with Crippen molar-refractivity contribution in [3.8, 4) is 77.9 Å². The molecule has 0 aliphatic heterocycles. The minimum absolute atomic E-state index is 1.08. The Kier molecular flexibility index (Phi) is 10.4. The molecule has 288 valence electrons. The Balaban J connectivity index is 1.12. The first-order valence-electron chi connectivity index (χ1n) is 20.9. The lowest BCUT2D eigenvalue weighted by atomic mass is 9.88. The van der Waals surface area contributed by atoms with Gasteiger partial charge in [0.2, 0.25) is 0 Å². The third-order valence-corrected chi connectivity index (χ3v) is 11.6. The predicted molar refractivity (Wildman–Crippen MR) is 259 cm³/mol. The highest BCUT2D eigenvalue weighted by molar-refractivity contribution is 5.97. The van der Waals surface area contributed by atoms with Crippen molar-refractivity contribution in [3.05, 3.63) is 261 Å². The summed E-state index contributed by atoms with van der Waals surface area (Å²) in [7, 11) is 0. The summed E-state index contributed by atoms with van der Waals surface area (Å²) in [5, 5.41) is 0. The molecule has 0 spiro atoms. The topological polar surface area (TPSA) is 3.24 Å². The molecular weight excluding hydrogens is 735 g/mol. The number of nitrogens with zero attached hydrogens (tertiary/aromatic N) is 1. The van der Waals surface area contributed by atoms with E-state index in [0.717, 1.165) is 22.6 Å². The Labute approximate surface area is 359 Å². The fourth-order valence-corrected chi connectivity index (χ4v) is 8.65. The second-order valence-electron chi connectivity index (χ2n) is 15.2. The van der Waals surface area contributed by atoms with E-state index >= 15 is 0 Å². The van der Waals surface area contributed by atoms with Gasteiger partial charge in [-0.25, -0.2) is 0 Å². The molecule has 0 saturated heterocycles. The zero-order chi connectivity index (χ0) is 40.8. The summed E-state index contributed by atoms with van der Waals surface area (Å²) in [4.78, 5) is 2.41. The van der Waals surface area contributed by atoms with Crippen molar-refractivity contribution in [2.45, 2.75) is 0 Å². The van der Waals surface area contributed by atoms with E-state index in [4.69, 9.17) is 0 Å². The molecule has 0 N–H and O–H groups in total. The van der Waals surface area contributed by atoms with Crippen LogP contribution in [0.1, 0.15) is 0 Å². The fourth-order valence-electron chi connectivity index (χ4n) is 8.65. The molecular formula is C60H43N. The van der Waals surface area contributed by atoms with E-state index in [1.807, 2.05) is 0 Å². The SMILES string of the molecule is c1ccc(-c2ccccc2-c2ccc(N(c3ccc(-c4ccccc4-c4ccccc4)cc3)c3ccccc3-c3ccccc3-c3ccccc3-c3ccccc3)cc2)cc1. The molecule has 0 saturated carbocycles. The van der Waals surface area contributed by atoms with Crippen molar-refractivity contribution in [2.24, 2.45) is 0 Å². The van der Waals surface area contributed by atoms with Crippen LogP contribution in [0.15, 0.2) is 261 Å². The summed E-state index contributed by atoms with van der Waals surface area (Å²) in [6.07, 6.45) is 0. The first-order valence-corrected chi connectivity index (χ1v) is 20.9. The zero-order valence-corrected chi connectivity index (χ0v) is 33.8. The molecule has 0 aromatic heterocycles. The Bertz CT molecular complexity index is 2920. The highest BCUT2D eigenvalue weighted by atomic mass is 15.1. The Morgan fingerprint density at radius 3 is 0.754 bits per heavy atom. The van der Waals surface area contributed by atoms with E-state index in [1.54, 1.807) is 0 Å². The molecule has 0 aliphatic carbocycles. The lowest BCUT2D eigenvalue weighted by molar-refractivity contribution is 1.28. The van der Waals surface area contributed by atoms with E-state index in [1.165, 1.54) is 72.3 Å². The van der Waals surface area contributed by atoms with Gasteiger partial charge in [0, 0.05) is 16.9 Å². The van der Waals surface area contributed by atoms with Gasteiger partial charge in [-0.05, 0) is 103 Å². The van der Waals surface area contributed by atoms with E-state index in [-0.39, 0.29) is 0 Å². The summed E-state index contributed by atoms with van der Waals surface area (Å²) in [6, 6.07) is 93.9. The van der Waals surface area contributed by atoms with Gasteiger partial charge in [-0.3, -0.25) is 0 Å². The molecule has 0 unspecified atom stereocenters. The Morgan fingerprint density at radius 2 is 0.393 bits per heavy atom. The number of benzene rings is 10. The fraction of sp³-hybridized carbons (Fsp3) is 0. The molecule has 0 amide bonds. The summed E-state index contributed by atoms with van der Waals surface area (Å²) in [5.74, 6) is 0. The molecule has 0 fully saturated rings. The lowest BCUT2D eigenvalue weighted by Crippen LogP contribution is -2.11. The molecule has 0 atom stereocenters. The summed E-state index contributed by atoms with van der Waals surface area (Å²) < 4.78 is 0. The highest BCUT2D eigenvalue weighted by Crippen LogP contribution is 2.46. The standard InChI is InChI=1S/C60H43N/c1-4-20-44(21-5-1)51-26-10-12-28-53(51)47-36-40-49(41-37-47)61(50-42-38-48(39-43-50)54-29-13-11-27-52(54)45-22-6-2-7-23-45)60-35-19-18-34-59(60)58-33-17-16-32-57(58)56-31-15-14-30-55(56)46-24-8-3-9-25-46/h1-43H. The van der Waals surface area contributed by atoms with Gasteiger partial charge in [-0.1, -0.05) is 231 Å². The van der Waals surface area contributed by atoms with Crippen molar-refractivity contribution < 1.29 is 0 Å². The van der Waals surface area contributed by atoms with Gasteiger partial charge in [0.25, 0.3) is 0 Å². The van der Waals surface area contributed by atoms with Gasteiger partial charge >= 0.3 is 0 Å². The monoisotopic (exact) mass is 777 g/mol. The summed E-state index contributed by atoms with van der Waals surface area (Å²) >= 11 is 0. The number of hydrogen-bond donors (Lipinski definition) is 0. The van der Waals surface area contributed by atoms with E-state index in [9.17, 15) is 0 Å². The van der Waals surface area contributed by atoms with Crippen LogP contribution in [0.5, 0.6) is 0 Å². The van der Waals surface area contributed by atoms with E-state index < -0.39 is 0 Å². The second-order valence-corrected chi connectivity index (χ2v) is 15.2. The number of hydrogen-bond acceptors (Lipinski definition) is 1. The molecule has 10 aromatic rings. The van der Waals surface area contributed by atoms with E-state index in [0.29, 0.717) is 0 Å². The molecule has 1 heteroatoms. The molecule has 0 aliphatic rings. The zero-order valence-electron chi connectivity index (χ0n) is 33.8. The molecule has 61 heavy (non-hydrogen) atoms. The van der Waals surface area contributed by atoms with Crippen LogP contribution in [0.2, 0.25) is 0 Å². The number of para-hydroxylation sites is 1. The third-order valence-electron chi connectivity index (χ3n) is 11.6. The average Bonchev–Trinajstić information content (AvgIpc) is 3.35. The van der Waals surface area contributed by atoms with Crippen molar-refractivity contribution in [1.29, 1.82) is 0 Å². The van der Waals surface area contributed by atoms with E-state index in [2.05, 4.69) is 266 Å². The number of rotatable bonds is 10. The minimum Gasteiger partial charge on any atom is -0.310 e. The molecule has 1 nitrogen and oxygen atoms in total. The number of anilines is 3. The molecule has 10 aromatic carbocycles. The van der Waals surface area contributed by atoms with Gasteiger partial charge in [0.15, 0.2) is 0 Å². The maximum absolute atomic E-state index is 2.41. The van der Waals surface area contributed by atoms with Gasteiger partial charge in [0.05, 0.1) is 5.69 Å². The van der Waals surface area contributed by atoms with Crippen molar-refractivity contribution in [2.75, 3.05) is 4.90 Å². The first-order chi connectivity index (χ1) is 30.3. The van der Waals surface area contributed by atoms with Gasteiger partial charge in [0.1, 0.15) is 0 Å². The minimum atomic E-state index is 1.08. The molecule has 10 rings (SSSR count). The van der Waals surface area contributed by atoms with Crippen LogP contribution >= 0.6 is 0 Å². The van der Waals surface area contributed by atoms with Gasteiger partial charge in [-0.15, -0.1) is 0 Å². The average molecular weight is 778 g/mol. The maximum Gasteiger partial charge on any atom is 0.0540 e. The summed E-state index contributed by atoms with van der Waals surface area (Å²) in [5.41, 5.74) is 20.0. The van der Waals surface area contributed by atoms with Crippen molar-refractivity contribution in [3.63, 3.8) is 0 Å². The lowest BCUT2D eigenvalue weighted by Gasteiger charge is -2.29. The third kappa shape index (κ3) is 7.58. The van der Waals surface area contributed by atoms with Crippen LogP contribution in [0, 0.1) is 0 Å². The quantitative estimate of drug-likeness (QED) is 0.134. The Hall–Kier alpha value is -8.00. The summed E-state index contributed by atoms with van der Waals surface area (Å²) in [6.45, 7) is 0. The normalized spacial score (nSPS) is 11.0. The second kappa shape index (κ2) is 17.1. The van der Waals surface area contributed by atoms with Crippen LogP contribution in [0.4, 0.5) is 17.1 Å². The van der Waals surface area contributed by atoms with Crippen LogP contribution < -0.4 is 4.90 Å². The van der Waals surface area contributed by atoms with Gasteiger partial charge in [-0.2, -0.15) is 0 Å². The van der Waals surface area contributed by atoms with Crippen LogP contribution in [0.3, 0.4) is 0 Å². The van der Waals surface area contributed by atoms with Crippen LogP contribution in [0.25, 0.3) is 77.9 Å². The highest BCUT2D eigenvalue weighted by Gasteiger charge is 2.21. The molecule has 0 heterocycles. The molecule has 0 radical (unpaired) electrons. The first kappa shape index (κ1) is 37.3. The Morgan fingerprint density at radius 1 is 0.164 bits per heavy atom. The van der Waals surface area contributed by atoms with Crippen molar-refractivity contribution >= 4 is 17.1 Å².